The summed E-state index contributed by atoms with van der Waals surface area (Å²) < 4.78 is 9.45. The predicted octanol–water partition coefficient (Wildman–Crippen LogP) is -1.90. The van der Waals surface area contributed by atoms with Crippen molar-refractivity contribution in [3.8, 4) is 12.3 Å². The summed E-state index contributed by atoms with van der Waals surface area (Å²) in [6, 6.07) is 0. The van der Waals surface area contributed by atoms with Crippen molar-refractivity contribution in [2.75, 3.05) is 13.2 Å². The summed E-state index contributed by atoms with van der Waals surface area (Å²) in [4.78, 5) is 22.7. The average molecular weight is 234 g/mol. The summed E-state index contributed by atoms with van der Waals surface area (Å²) >= 11 is 0. The van der Waals surface area contributed by atoms with Gasteiger partial charge in [-0.1, -0.05) is 0 Å². The van der Waals surface area contributed by atoms with Gasteiger partial charge in [-0.05, 0) is 20.3 Å². The van der Waals surface area contributed by atoms with Crippen LogP contribution in [0.3, 0.4) is 0 Å². The summed E-state index contributed by atoms with van der Waals surface area (Å²) in [7, 11) is 0. The summed E-state index contributed by atoms with van der Waals surface area (Å²) in [5, 5.41) is 0. The Kier molecular flexibility index (Phi) is 12.1. The molecule has 0 rings (SSSR count). The van der Waals surface area contributed by atoms with Crippen LogP contribution in [0.15, 0.2) is 0 Å². The smallest absolute Gasteiger partial charge is 0.488 e. The second kappa shape index (κ2) is 10.9. The van der Waals surface area contributed by atoms with E-state index in [1.807, 2.05) is 0 Å². The molecule has 0 aliphatic carbocycles. The van der Waals surface area contributed by atoms with E-state index in [2.05, 4.69) is 5.92 Å². The third-order valence-corrected chi connectivity index (χ3v) is 1.56. The zero-order valence-electron chi connectivity index (χ0n) is 10.0. The largest absolute Gasteiger partial charge is 1.00 e. The van der Waals surface area contributed by atoms with Crippen molar-refractivity contribution in [1.82, 2.24) is 0 Å². The third-order valence-electron chi connectivity index (χ3n) is 1.56. The Morgan fingerprint density at radius 1 is 1.19 bits per heavy atom. The minimum absolute atomic E-state index is 0. The molecular weight excluding hydrogens is 219 g/mol. The first kappa shape index (κ1) is 17.8. The minimum atomic E-state index is -0.647. The van der Waals surface area contributed by atoms with Crippen LogP contribution in [0.25, 0.3) is 0 Å². The Labute approximate surface area is 118 Å². The van der Waals surface area contributed by atoms with Gasteiger partial charge in [0, 0.05) is 0 Å². The molecule has 0 aliphatic heterocycles. The quantitative estimate of drug-likeness (QED) is 0.177. The summed E-state index contributed by atoms with van der Waals surface area (Å²) in [6.45, 7) is 3.78. The molecule has 84 valence electrons. The SMILES string of the molecule is C#CCC[C-](C(=O)OCC)C(=O)OCC.[Na+]. The second-order valence-electron chi connectivity index (χ2n) is 2.62. The molecule has 0 bridgehead atoms. The van der Waals surface area contributed by atoms with E-state index in [0.717, 1.165) is 0 Å². The van der Waals surface area contributed by atoms with E-state index in [-0.39, 0.29) is 55.1 Å². The molecule has 0 aliphatic rings. The first-order chi connectivity index (χ1) is 7.17. The first-order valence-corrected chi connectivity index (χ1v) is 4.80. The molecule has 0 fully saturated rings. The Hall–Kier alpha value is -0.630. The van der Waals surface area contributed by atoms with Gasteiger partial charge in [0.05, 0.1) is 13.2 Å². The van der Waals surface area contributed by atoms with Gasteiger partial charge in [-0.2, -0.15) is 5.92 Å². The second-order valence-corrected chi connectivity index (χ2v) is 2.62. The van der Waals surface area contributed by atoms with Crippen molar-refractivity contribution in [2.24, 2.45) is 0 Å². The molecule has 0 radical (unpaired) electrons. The number of carbonyl (C=O) groups is 2. The maximum absolute atomic E-state index is 11.3. The van der Waals surface area contributed by atoms with E-state index in [4.69, 9.17) is 15.9 Å². The Balaban J connectivity index is 0. The van der Waals surface area contributed by atoms with Crippen molar-refractivity contribution in [3.63, 3.8) is 0 Å². The van der Waals surface area contributed by atoms with Crippen molar-refractivity contribution < 1.29 is 48.6 Å². The zero-order valence-corrected chi connectivity index (χ0v) is 12.0. The Morgan fingerprint density at radius 3 is 1.94 bits per heavy atom. The molecule has 4 nitrogen and oxygen atoms in total. The summed E-state index contributed by atoms with van der Waals surface area (Å²) in [5.74, 6) is 1.04. The van der Waals surface area contributed by atoms with Gasteiger partial charge in [0.1, 0.15) is 0 Å². The van der Waals surface area contributed by atoms with E-state index in [1.54, 1.807) is 13.8 Å². The molecule has 0 unspecified atom stereocenters. The van der Waals surface area contributed by atoms with Gasteiger partial charge in [-0.25, -0.2) is 0 Å². The van der Waals surface area contributed by atoms with Gasteiger partial charge in [0.15, 0.2) is 11.9 Å². The van der Waals surface area contributed by atoms with Crippen LogP contribution in [-0.4, -0.2) is 25.2 Å². The molecular formula is C11H15NaO4. The van der Waals surface area contributed by atoms with Crippen molar-refractivity contribution in [1.29, 1.82) is 0 Å². The van der Waals surface area contributed by atoms with Crippen molar-refractivity contribution in [3.05, 3.63) is 5.92 Å². The molecule has 0 atom stereocenters. The number of rotatable bonds is 6. The molecule has 0 amide bonds. The standard InChI is InChI=1S/C11H15O4.Na/c1-4-7-8-9(10(12)14-5-2)11(13)15-6-3;/h1H,5-8H2,2-3H3;/q-1;+1. The van der Waals surface area contributed by atoms with Gasteiger partial charge in [0.25, 0.3) is 0 Å². The molecule has 0 aromatic rings. The fourth-order valence-electron chi connectivity index (χ4n) is 0.921. The predicted molar refractivity (Wildman–Crippen MR) is 54.6 cm³/mol. The molecule has 0 aromatic heterocycles. The van der Waals surface area contributed by atoms with Crippen LogP contribution >= 0.6 is 0 Å². The zero-order chi connectivity index (χ0) is 11.7. The van der Waals surface area contributed by atoms with Crippen LogP contribution in [0.2, 0.25) is 0 Å². The van der Waals surface area contributed by atoms with Crippen LogP contribution < -0.4 is 29.6 Å². The molecule has 0 saturated carbocycles. The number of hydrogen-bond acceptors (Lipinski definition) is 4. The number of carbonyl (C=O) groups excluding carboxylic acids is 2. The van der Waals surface area contributed by atoms with E-state index in [9.17, 15) is 9.59 Å². The van der Waals surface area contributed by atoms with Gasteiger partial charge in [-0.15, -0.1) is 18.8 Å². The van der Waals surface area contributed by atoms with Crippen molar-refractivity contribution in [2.45, 2.75) is 26.7 Å². The van der Waals surface area contributed by atoms with Crippen LogP contribution in [0.4, 0.5) is 0 Å². The van der Waals surface area contributed by atoms with Gasteiger partial charge < -0.3 is 9.47 Å². The van der Waals surface area contributed by atoms with E-state index < -0.39 is 11.9 Å². The minimum Gasteiger partial charge on any atom is -0.488 e. The number of esters is 2. The average Bonchev–Trinajstić information content (AvgIpc) is 2.19. The van der Waals surface area contributed by atoms with E-state index in [1.165, 1.54) is 0 Å². The fourth-order valence-corrected chi connectivity index (χ4v) is 0.921. The van der Waals surface area contributed by atoms with Gasteiger partial charge >= 0.3 is 29.6 Å². The fraction of sp³-hybridized carbons (Fsp3) is 0.545. The van der Waals surface area contributed by atoms with Crippen LogP contribution in [0.1, 0.15) is 26.7 Å². The van der Waals surface area contributed by atoms with Crippen molar-refractivity contribution >= 4 is 11.9 Å². The van der Waals surface area contributed by atoms with Crippen LogP contribution in [0.5, 0.6) is 0 Å². The topological polar surface area (TPSA) is 52.6 Å². The number of terminal acetylenes is 1. The third kappa shape index (κ3) is 6.78. The monoisotopic (exact) mass is 234 g/mol. The van der Waals surface area contributed by atoms with Gasteiger partial charge in [0.2, 0.25) is 0 Å². The molecule has 0 spiro atoms. The maximum Gasteiger partial charge on any atom is 1.00 e. The normalized spacial score (nSPS) is 8.31. The molecule has 0 aromatic carbocycles. The van der Waals surface area contributed by atoms with Gasteiger partial charge in [-0.3, -0.25) is 9.59 Å². The summed E-state index contributed by atoms with van der Waals surface area (Å²) in [6.07, 6.45) is 5.56. The molecule has 0 heterocycles. The number of ether oxygens (including phenoxy) is 2. The van der Waals surface area contributed by atoms with Crippen LogP contribution in [0, 0.1) is 18.3 Å². The molecule has 0 N–H and O–H groups in total. The Bertz CT molecular complexity index is 239. The maximum atomic E-state index is 11.3. The van der Waals surface area contributed by atoms with Crippen LogP contribution in [-0.2, 0) is 19.1 Å². The van der Waals surface area contributed by atoms with E-state index in [0.29, 0.717) is 6.42 Å². The molecule has 16 heavy (non-hydrogen) atoms. The summed E-state index contributed by atoms with van der Waals surface area (Å²) in [5.41, 5.74) is 0. The van der Waals surface area contributed by atoms with E-state index >= 15 is 0 Å². The first-order valence-electron chi connectivity index (χ1n) is 4.80. The Morgan fingerprint density at radius 2 is 1.62 bits per heavy atom. The molecule has 0 saturated heterocycles. The molecule has 5 heteroatoms. The number of hydrogen-bond donors (Lipinski definition) is 0.